The van der Waals surface area contributed by atoms with E-state index in [2.05, 4.69) is 5.32 Å². The van der Waals surface area contributed by atoms with Gasteiger partial charge in [-0.15, -0.1) is 0 Å². The van der Waals surface area contributed by atoms with Gasteiger partial charge < -0.3 is 10.1 Å². The van der Waals surface area contributed by atoms with Crippen molar-refractivity contribution >= 4 is 10.8 Å². The topological polar surface area (TPSA) is 38.3 Å². The summed E-state index contributed by atoms with van der Waals surface area (Å²) in [5.74, 6) is 1.20. The zero-order valence-electron chi connectivity index (χ0n) is 9.74. The molecule has 1 aromatic carbocycles. The number of fused-ring (bicyclic) bond motifs is 1. The summed E-state index contributed by atoms with van der Waals surface area (Å²) >= 11 is 0. The summed E-state index contributed by atoms with van der Waals surface area (Å²) in [6, 6.07) is 4.61. The zero-order valence-corrected chi connectivity index (χ0v) is 10.6. The van der Waals surface area contributed by atoms with Gasteiger partial charge in [-0.05, 0) is 18.2 Å². The molecule has 17 heavy (non-hydrogen) atoms. The first-order valence-corrected chi connectivity index (χ1v) is 7.33. The van der Waals surface area contributed by atoms with Crippen molar-refractivity contribution in [3.63, 3.8) is 0 Å². The Morgan fingerprint density at radius 3 is 3.18 bits per heavy atom. The van der Waals surface area contributed by atoms with E-state index in [0.717, 1.165) is 17.7 Å². The molecule has 0 aromatic heterocycles. The Labute approximate surface area is 103 Å². The summed E-state index contributed by atoms with van der Waals surface area (Å²) in [6.07, 6.45) is 2.47. The number of hydrogen-bond acceptors (Lipinski definition) is 3. The van der Waals surface area contributed by atoms with Gasteiger partial charge in [0, 0.05) is 47.9 Å². The smallest absolute Gasteiger partial charge is 0.123 e. The fraction of sp³-hybridized carbons (Fsp3) is 0.500. The maximum atomic E-state index is 13.0. The van der Waals surface area contributed by atoms with Gasteiger partial charge in [-0.2, -0.15) is 0 Å². The van der Waals surface area contributed by atoms with E-state index in [0.29, 0.717) is 18.8 Å². The first-order valence-electron chi connectivity index (χ1n) is 5.61. The van der Waals surface area contributed by atoms with Crippen molar-refractivity contribution < 1.29 is 13.3 Å². The van der Waals surface area contributed by atoms with Gasteiger partial charge in [-0.3, -0.25) is 4.21 Å². The first-order chi connectivity index (χ1) is 8.15. The highest BCUT2D eigenvalue weighted by Gasteiger charge is 2.22. The minimum Gasteiger partial charge on any atom is -0.488 e. The third-order valence-corrected chi connectivity index (χ3v) is 3.48. The molecule has 1 heterocycles. The van der Waals surface area contributed by atoms with Crippen LogP contribution in [0.2, 0.25) is 0 Å². The van der Waals surface area contributed by atoms with E-state index >= 15 is 0 Å². The lowest BCUT2D eigenvalue weighted by Crippen LogP contribution is -2.32. The lowest BCUT2D eigenvalue weighted by atomic mass is 10.1. The van der Waals surface area contributed by atoms with Crippen LogP contribution in [0, 0.1) is 5.82 Å². The molecule has 5 heteroatoms. The van der Waals surface area contributed by atoms with Crippen LogP contribution in [0.3, 0.4) is 0 Å². The molecule has 0 amide bonds. The number of rotatable bonds is 5. The Kier molecular flexibility index (Phi) is 4.12. The molecule has 1 aliphatic heterocycles. The van der Waals surface area contributed by atoms with Gasteiger partial charge in [0.1, 0.15) is 17.7 Å². The number of ether oxygens (including phenoxy) is 1. The standard InChI is InChI=1S/C12H16FNO2S/c1-17(15)5-4-14-8-11-7-9-6-10(13)2-3-12(9)16-11/h2-3,6,11,14H,4-5,7-8H2,1H3. The Morgan fingerprint density at radius 2 is 2.41 bits per heavy atom. The summed E-state index contributed by atoms with van der Waals surface area (Å²) in [4.78, 5) is 0. The van der Waals surface area contributed by atoms with E-state index in [4.69, 9.17) is 4.74 Å². The molecular formula is C12H16FNO2S. The van der Waals surface area contributed by atoms with Crippen molar-refractivity contribution in [2.45, 2.75) is 12.5 Å². The van der Waals surface area contributed by atoms with Gasteiger partial charge >= 0.3 is 0 Å². The molecule has 3 nitrogen and oxygen atoms in total. The first kappa shape index (κ1) is 12.5. The van der Waals surface area contributed by atoms with Crippen molar-refractivity contribution in [2.75, 3.05) is 25.1 Å². The second-order valence-corrected chi connectivity index (χ2v) is 5.73. The lowest BCUT2D eigenvalue weighted by Gasteiger charge is -2.11. The molecular weight excluding hydrogens is 241 g/mol. The van der Waals surface area contributed by atoms with E-state index in [1.54, 1.807) is 12.3 Å². The Bertz CT molecular complexity index is 425. The van der Waals surface area contributed by atoms with Crippen LogP contribution >= 0.6 is 0 Å². The third kappa shape index (κ3) is 3.51. The van der Waals surface area contributed by atoms with Crippen LogP contribution < -0.4 is 10.1 Å². The van der Waals surface area contributed by atoms with Gasteiger partial charge in [-0.1, -0.05) is 0 Å². The maximum absolute atomic E-state index is 13.0. The van der Waals surface area contributed by atoms with Crippen LogP contribution in [-0.2, 0) is 17.2 Å². The van der Waals surface area contributed by atoms with Crippen molar-refractivity contribution in [2.24, 2.45) is 0 Å². The second kappa shape index (κ2) is 5.60. The summed E-state index contributed by atoms with van der Waals surface area (Å²) in [6.45, 7) is 1.42. The van der Waals surface area contributed by atoms with Crippen LogP contribution in [0.15, 0.2) is 18.2 Å². The van der Waals surface area contributed by atoms with E-state index in [-0.39, 0.29) is 11.9 Å². The van der Waals surface area contributed by atoms with Crippen LogP contribution in [0.4, 0.5) is 4.39 Å². The Balaban J connectivity index is 1.78. The maximum Gasteiger partial charge on any atom is 0.123 e. The van der Waals surface area contributed by atoms with Crippen molar-refractivity contribution in [3.05, 3.63) is 29.6 Å². The van der Waals surface area contributed by atoms with Gasteiger partial charge in [0.15, 0.2) is 0 Å². The molecule has 0 spiro atoms. The van der Waals surface area contributed by atoms with Gasteiger partial charge in [0.2, 0.25) is 0 Å². The molecule has 0 aliphatic carbocycles. The van der Waals surface area contributed by atoms with Crippen LogP contribution in [-0.4, -0.2) is 35.4 Å². The molecule has 2 unspecified atom stereocenters. The molecule has 2 atom stereocenters. The number of hydrogen-bond donors (Lipinski definition) is 1. The average molecular weight is 257 g/mol. The SMILES string of the molecule is CS(=O)CCNCC1Cc2cc(F)ccc2O1. The molecule has 1 aliphatic rings. The van der Waals surface area contributed by atoms with Crippen molar-refractivity contribution in [1.29, 1.82) is 0 Å². The normalized spacial score (nSPS) is 19.8. The molecule has 0 saturated carbocycles. The number of nitrogens with one attached hydrogen (secondary N) is 1. The molecule has 0 saturated heterocycles. The zero-order chi connectivity index (χ0) is 12.3. The van der Waals surface area contributed by atoms with E-state index in [1.165, 1.54) is 12.1 Å². The fourth-order valence-corrected chi connectivity index (χ4v) is 2.31. The minimum atomic E-state index is -0.765. The van der Waals surface area contributed by atoms with Gasteiger partial charge in [0.25, 0.3) is 0 Å². The van der Waals surface area contributed by atoms with E-state index in [1.807, 2.05) is 0 Å². The Morgan fingerprint density at radius 1 is 1.59 bits per heavy atom. The highest BCUT2D eigenvalue weighted by Crippen LogP contribution is 2.28. The molecule has 1 aromatic rings. The predicted octanol–water partition coefficient (Wildman–Crippen LogP) is 1.10. The minimum absolute atomic E-state index is 0.0529. The van der Waals surface area contributed by atoms with Crippen LogP contribution in [0.1, 0.15) is 5.56 Å². The lowest BCUT2D eigenvalue weighted by molar-refractivity contribution is 0.229. The largest absolute Gasteiger partial charge is 0.488 e. The number of halogens is 1. The third-order valence-electron chi connectivity index (χ3n) is 2.70. The quantitative estimate of drug-likeness (QED) is 0.803. The highest BCUT2D eigenvalue weighted by molar-refractivity contribution is 7.84. The van der Waals surface area contributed by atoms with Gasteiger partial charge in [-0.25, -0.2) is 4.39 Å². The summed E-state index contributed by atoms with van der Waals surface area (Å²) in [7, 11) is -0.765. The number of benzene rings is 1. The Hall–Kier alpha value is -0.940. The molecule has 0 radical (unpaired) electrons. The van der Waals surface area contributed by atoms with Crippen molar-refractivity contribution in [1.82, 2.24) is 5.32 Å². The van der Waals surface area contributed by atoms with Gasteiger partial charge in [0.05, 0.1) is 0 Å². The molecule has 1 N–H and O–H groups in total. The highest BCUT2D eigenvalue weighted by atomic mass is 32.2. The van der Waals surface area contributed by atoms with Crippen LogP contribution in [0.5, 0.6) is 5.75 Å². The molecule has 94 valence electrons. The van der Waals surface area contributed by atoms with E-state index in [9.17, 15) is 8.60 Å². The summed E-state index contributed by atoms with van der Waals surface area (Å²) in [5, 5.41) is 3.20. The van der Waals surface area contributed by atoms with Crippen LogP contribution in [0.25, 0.3) is 0 Å². The predicted molar refractivity (Wildman–Crippen MR) is 66.3 cm³/mol. The van der Waals surface area contributed by atoms with E-state index < -0.39 is 10.8 Å². The van der Waals surface area contributed by atoms with Crippen molar-refractivity contribution in [3.8, 4) is 5.75 Å². The monoisotopic (exact) mass is 257 g/mol. The summed E-state index contributed by atoms with van der Waals surface area (Å²) in [5.41, 5.74) is 0.927. The molecule has 0 bridgehead atoms. The molecule has 0 fully saturated rings. The fourth-order valence-electron chi connectivity index (χ4n) is 1.88. The summed E-state index contributed by atoms with van der Waals surface area (Å²) < 4.78 is 29.5. The molecule has 2 rings (SSSR count). The second-order valence-electron chi connectivity index (χ2n) is 4.18. The average Bonchev–Trinajstić information content (AvgIpc) is 2.66.